The molecule has 2 aliphatic rings. The van der Waals surface area contributed by atoms with Gasteiger partial charge in [0.1, 0.15) is 0 Å². The fourth-order valence-electron chi connectivity index (χ4n) is 3.55. The predicted molar refractivity (Wildman–Crippen MR) is 72.6 cm³/mol. The minimum atomic E-state index is -3.91. The van der Waals surface area contributed by atoms with Crippen LogP contribution in [0, 0.1) is 11.3 Å². The topological polar surface area (TPSA) is 83.5 Å². The molecule has 2 atom stereocenters. The van der Waals surface area contributed by atoms with Crippen LogP contribution in [0.4, 0.5) is 8.78 Å². The van der Waals surface area contributed by atoms with Gasteiger partial charge >= 0.3 is 5.97 Å². The van der Waals surface area contributed by atoms with Crippen LogP contribution in [0.1, 0.15) is 44.9 Å². The van der Waals surface area contributed by atoms with Gasteiger partial charge in [-0.25, -0.2) is 21.9 Å². The van der Waals surface area contributed by atoms with Gasteiger partial charge in [0.15, 0.2) is 0 Å². The Hall–Kier alpha value is -0.760. The molecule has 0 aliphatic heterocycles. The van der Waals surface area contributed by atoms with E-state index >= 15 is 0 Å². The number of halogens is 2. The molecule has 5 nitrogen and oxygen atoms in total. The molecule has 0 spiro atoms. The number of nitrogens with one attached hydrogen (secondary N) is 1. The van der Waals surface area contributed by atoms with E-state index in [-0.39, 0.29) is 12.8 Å². The van der Waals surface area contributed by atoms with Crippen molar-refractivity contribution in [2.45, 2.75) is 57.4 Å². The molecule has 2 saturated carbocycles. The Balaban J connectivity index is 2.06. The number of alkyl halides is 2. The van der Waals surface area contributed by atoms with E-state index < -0.39 is 45.5 Å². The van der Waals surface area contributed by atoms with Crippen molar-refractivity contribution in [1.29, 1.82) is 0 Å². The maximum Gasteiger partial charge on any atom is 0.308 e. The largest absolute Gasteiger partial charge is 0.481 e. The smallest absolute Gasteiger partial charge is 0.308 e. The Kier molecular flexibility index (Phi) is 4.87. The lowest BCUT2D eigenvalue weighted by molar-refractivity contribution is -0.141. The van der Waals surface area contributed by atoms with Gasteiger partial charge in [-0.05, 0) is 25.7 Å². The summed E-state index contributed by atoms with van der Waals surface area (Å²) in [6.07, 6.45) is 0.458. The van der Waals surface area contributed by atoms with Gasteiger partial charge < -0.3 is 5.11 Å². The van der Waals surface area contributed by atoms with E-state index in [1.807, 2.05) is 0 Å². The molecule has 122 valence electrons. The zero-order valence-electron chi connectivity index (χ0n) is 11.7. The number of carbonyl (C=O) groups is 1. The first-order chi connectivity index (χ1) is 9.76. The second-order valence-electron chi connectivity index (χ2n) is 6.23. The summed E-state index contributed by atoms with van der Waals surface area (Å²) in [6, 6.07) is -0.677. The zero-order chi connectivity index (χ0) is 15.7. The first-order valence-corrected chi connectivity index (χ1v) is 8.92. The monoisotopic (exact) mass is 325 g/mol. The van der Waals surface area contributed by atoms with Crippen molar-refractivity contribution in [2.75, 3.05) is 5.75 Å². The first kappa shape index (κ1) is 16.6. The average molecular weight is 325 g/mol. The summed E-state index contributed by atoms with van der Waals surface area (Å²) < 4.78 is 53.2. The molecule has 0 amide bonds. The highest BCUT2D eigenvalue weighted by Gasteiger charge is 2.47. The van der Waals surface area contributed by atoms with E-state index in [4.69, 9.17) is 5.11 Å². The van der Waals surface area contributed by atoms with Crippen molar-refractivity contribution >= 4 is 16.0 Å². The molecule has 2 rings (SSSR count). The average Bonchev–Trinajstić information content (AvgIpc) is 2.97. The fraction of sp³-hybridized carbons (Fsp3) is 0.923. The first-order valence-electron chi connectivity index (χ1n) is 7.27. The van der Waals surface area contributed by atoms with Crippen LogP contribution in [0.3, 0.4) is 0 Å². The minimum Gasteiger partial charge on any atom is -0.481 e. The van der Waals surface area contributed by atoms with Gasteiger partial charge in [-0.2, -0.15) is 0 Å². The van der Waals surface area contributed by atoms with E-state index in [1.165, 1.54) is 0 Å². The lowest BCUT2D eigenvalue weighted by Gasteiger charge is -2.28. The van der Waals surface area contributed by atoms with Crippen molar-refractivity contribution in [3.05, 3.63) is 0 Å². The fourth-order valence-corrected chi connectivity index (χ4v) is 5.55. The van der Waals surface area contributed by atoms with E-state index in [2.05, 4.69) is 4.72 Å². The predicted octanol–water partition coefficient (Wildman–Crippen LogP) is 1.98. The van der Waals surface area contributed by atoms with E-state index in [9.17, 15) is 22.0 Å². The lowest BCUT2D eigenvalue weighted by atomic mass is 9.89. The van der Waals surface area contributed by atoms with Crippen molar-refractivity contribution in [1.82, 2.24) is 4.72 Å². The van der Waals surface area contributed by atoms with Crippen LogP contribution in [0.15, 0.2) is 0 Å². The van der Waals surface area contributed by atoms with Crippen LogP contribution in [0.25, 0.3) is 0 Å². The Bertz CT molecular complexity index is 488. The van der Waals surface area contributed by atoms with Crippen LogP contribution in [-0.4, -0.2) is 37.7 Å². The molecule has 2 aliphatic carbocycles. The second-order valence-corrected chi connectivity index (χ2v) is 7.98. The molecule has 8 heteroatoms. The molecule has 0 saturated heterocycles. The summed E-state index contributed by atoms with van der Waals surface area (Å²) in [6.45, 7) is 0. The third kappa shape index (κ3) is 3.71. The third-order valence-electron chi connectivity index (χ3n) is 4.70. The molecule has 0 unspecified atom stereocenters. The molecule has 0 radical (unpaired) electrons. The standard InChI is InChI=1S/C13H21F2NO4S/c14-12(15)13(6-1-2-7-13)8-21(19,20)16-10-5-3-4-9(10)11(17)18/h9-10,12,16H,1-8H2,(H,17,18)/t9-,10+/m1/s1. The van der Waals surface area contributed by atoms with Crippen LogP contribution >= 0.6 is 0 Å². The van der Waals surface area contributed by atoms with Crippen LogP contribution in [0.5, 0.6) is 0 Å². The van der Waals surface area contributed by atoms with Crippen LogP contribution < -0.4 is 4.72 Å². The third-order valence-corrected chi connectivity index (χ3v) is 6.32. The highest BCUT2D eigenvalue weighted by Crippen LogP contribution is 2.44. The lowest BCUT2D eigenvalue weighted by Crippen LogP contribution is -2.45. The molecule has 21 heavy (non-hydrogen) atoms. The molecule has 2 fully saturated rings. The zero-order valence-corrected chi connectivity index (χ0v) is 12.5. The van der Waals surface area contributed by atoms with Crippen molar-refractivity contribution < 1.29 is 27.1 Å². The van der Waals surface area contributed by atoms with Gasteiger partial charge in [0.25, 0.3) is 0 Å². The number of carboxylic acid groups (broad SMARTS) is 1. The van der Waals surface area contributed by atoms with Crippen molar-refractivity contribution in [3.8, 4) is 0 Å². The van der Waals surface area contributed by atoms with E-state index in [1.54, 1.807) is 0 Å². The number of carboxylic acids is 1. The van der Waals surface area contributed by atoms with Crippen LogP contribution in [0.2, 0.25) is 0 Å². The van der Waals surface area contributed by atoms with Gasteiger partial charge in [0.2, 0.25) is 16.4 Å². The Labute approximate surface area is 123 Å². The van der Waals surface area contributed by atoms with E-state index in [0.717, 1.165) is 0 Å². The molecule has 0 heterocycles. The van der Waals surface area contributed by atoms with Gasteiger partial charge in [-0.15, -0.1) is 0 Å². The Morgan fingerprint density at radius 3 is 2.38 bits per heavy atom. The summed E-state index contributed by atoms with van der Waals surface area (Å²) in [5, 5.41) is 9.05. The van der Waals surface area contributed by atoms with Gasteiger partial charge in [-0.3, -0.25) is 4.79 Å². The summed E-state index contributed by atoms with van der Waals surface area (Å²) in [4.78, 5) is 11.1. The molecular formula is C13H21F2NO4S. The Morgan fingerprint density at radius 1 is 1.24 bits per heavy atom. The highest BCUT2D eigenvalue weighted by molar-refractivity contribution is 7.89. The molecule has 0 aromatic heterocycles. The SMILES string of the molecule is O=C(O)[C@@H]1CCC[C@@H]1NS(=O)(=O)CC1(C(F)F)CCCC1. The van der Waals surface area contributed by atoms with Gasteiger partial charge in [-0.1, -0.05) is 19.3 Å². The quantitative estimate of drug-likeness (QED) is 0.782. The van der Waals surface area contributed by atoms with Crippen LogP contribution in [-0.2, 0) is 14.8 Å². The molecule has 0 bridgehead atoms. The number of sulfonamides is 1. The number of aliphatic carboxylic acids is 1. The number of rotatable bonds is 6. The maximum absolute atomic E-state index is 13.3. The molecular weight excluding hydrogens is 304 g/mol. The van der Waals surface area contributed by atoms with Crippen molar-refractivity contribution in [3.63, 3.8) is 0 Å². The van der Waals surface area contributed by atoms with Gasteiger partial charge in [0.05, 0.1) is 11.7 Å². The maximum atomic E-state index is 13.3. The number of hydrogen-bond donors (Lipinski definition) is 2. The summed E-state index contributed by atoms with van der Waals surface area (Å²) in [5.41, 5.74) is -1.47. The molecule has 0 aromatic carbocycles. The summed E-state index contributed by atoms with van der Waals surface area (Å²) >= 11 is 0. The Morgan fingerprint density at radius 2 is 1.86 bits per heavy atom. The molecule has 0 aromatic rings. The number of hydrogen-bond acceptors (Lipinski definition) is 3. The molecule has 2 N–H and O–H groups in total. The highest BCUT2D eigenvalue weighted by atomic mass is 32.2. The second kappa shape index (κ2) is 6.16. The minimum absolute atomic E-state index is 0.207. The summed E-state index contributed by atoms with van der Waals surface area (Å²) in [5.74, 6) is -2.41. The summed E-state index contributed by atoms with van der Waals surface area (Å²) in [7, 11) is -3.91. The van der Waals surface area contributed by atoms with E-state index in [0.29, 0.717) is 32.1 Å². The normalized spacial score (nSPS) is 29.1. The van der Waals surface area contributed by atoms with Crippen molar-refractivity contribution in [2.24, 2.45) is 11.3 Å². The van der Waals surface area contributed by atoms with Gasteiger partial charge in [0, 0.05) is 11.5 Å².